The highest BCUT2D eigenvalue weighted by atomic mass is 79.9. The molecule has 0 aromatic carbocycles. The molecule has 2 nitrogen and oxygen atoms in total. The first kappa shape index (κ1) is 10.8. The summed E-state index contributed by atoms with van der Waals surface area (Å²) in [6.45, 7) is 0. The molecule has 0 fully saturated rings. The Labute approximate surface area is 106 Å². The van der Waals surface area contributed by atoms with Crippen molar-refractivity contribution in [1.29, 1.82) is 0 Å². The predicted molar refractivity (Wildman–Crippen MR) is 65.9 cm³/mol. The topological polar surface area (TPSA) is 33.1 Å². The molecule has 14 heavy (non-hydrogen) atoms. The number of thiophene rings is 1. The summed E-state index contributed by atoms with van der Waals surface area (Å²) in [7, 11) is 0. The Hall–Kier alpha value is 0.250. The Balaban J connectivity index is 2.38. The number of aromatic nitrogens is 1. The third kappa shape index (κ3) is 1.94. The summed E-state index contributed by atoms with van der Waals surface area (Å²) in [6, 6.07) is 1.93. The lowest BCUT2D eigenvalue weighted by Gasteiger charge is -2.06. The number of nitrogens with zero attached hydrogens (tertiary/aromatic N) is 1. The highest BCUT2D eigenvalue weighted by Crippen LogP contribution is 2.37. The van der Waals surface area contributed by atoms with Crippen molar-refractivity contribution in [3.63, 3.8) is 0 Å². The van der Waals surface area contributed by atoms with Crippen LogP contribution in [0.15, 0.2) is 26.0 Å². The van der Waals surface area contributed by atoms with Gasteiger partial charge >= 0.3 is 0 Å². The second-order valence-electron chi connectivity index (χ2n) is 2.54. The molecule has 0 aliphatic rings. The summed E-state index contributed by atoms with van der Waals surface area (Å²) in [5.41, 5.74) is 1.71. The highest BCUT2D eigenvalue weighted by molar-refractivity contribution is 9.10. The van der Waals surface area contributed by atoms with Gasteiger partial charge in [-0.05, 0) is 43.3 Å². The molecule has 0 aliphatic carbocycles. The van der Waals surface area contributed by atoms with E-state index in [1.165, 1.54) is 22.7 Å². The molecule has 0 amide bonds. The number of hydrogen-bond acceptors (Lipinski definition) is 4. The first-order valence-corrected chi connectivity index (χ1v) is 7.04. The van der Waals surface area contributed by atoms with Crippen LogP contribution in [0.3, 0.4) is 0 Å². The smallest absolute Gasteiger partial charge is 0.126 e. The van der Waals surface area contributed by atoms with Crippen LogP contribution in [0.4, 0.5) is 0 Å². The third-order valence-electron chi connectivity index (χ3n) is 1.69. The van der Waals surface area contributed by atoms with Gasteiger partial charge in [0.25, 0.3) is 0 Å². The molecule has 0 aliphatic heterocycles. The van der Waals surface area contributed by atoms with E-state index in [2.05, 4.69) is 36.8 Å². The molecule has 0 spiro atoms. The van der Waals surface area contributed by atoms with E-state index in [0.717, 1.165) is 18.8 Å². The van der Waals surface area contributed by atoms with Gasteiger partial charge in [0, 0.05) is 4.47 Å². The Morgan fingerprint density at radius 1 is 1.29 bits per heavy atom. The van der Waals surface area contributed by atoms with E-state index in [4.69, 9.17) is 0 Å². The molecule has 0 saturated carbocycles. The molecule has 2 aromatic heterocycles. The second-order valence-corrected chi connectivity index (χ2v) is 5.98. The molecule has 1 atom stereocenters. The van der Waals surface area contributed by atoms with Crippen molar-refractivity contribution in [3.8, 4) is 0 Å². The van der Waals surface area contributed by atoms with E-state index >= 15 is 0 Å². The van der Waals surface area contributed by atoms with E-state index in [1.807, 2.05) is 11.4 Å². The van der Waals surface area contributed by atoms with Crippen molar-refractivity contribution in [2.75, 3.05) is 0 Å². The predicted octanol–water partition coefficient (Wildman–Crippen LogP) is 3.81. The lowest BCUT2D eigenvalue weighted by atomic mass is 10.2. The number of hydrogen-bond donors (Lipinski definition) is 1. The first-order chi connectivity index (χ1) is 6.70. The van der Waals surface area contributed by atoms with E-state index in [1.54, 1.807) is 5.51 Å². The molecule has 6 heteroatoms. The number of halogens is 2. The van der Waals surface area contributed by atoms with Crippen LogP contribution < -0.4 is 0 Å². The van der Waals surface area contributed by atoms with Gasteiger partial charge in [-0.2, -0.15) is 0 Å². The molecular formula is C8H5Br2NOS2. The maximum absolute atomic E-state index is 10.1. The standard InChI is InChI=1S/C8H5Br2NOS2/c9-4-1-2-13-6(4)5(12)7-8(10)11-3-14-7/h1-3,5,12H. The normalized spacial score (nSPS) is 13.1. The summed E-state index contributed by atoms with van der Waals surface area (Å²) < 4.78 is 1.66. The summed E-state index contributed by atoms with van der Waals surface area (Å²) in [5.74, 6) is 0. The second kappa shape index (κ2) is 4.40. The van der Waals surface area contributed by atoms with Gasteiger partial charge in [0.15, 0.2) is 0 Å². The zero-order valence-electron chi connectivity index (χ0n) is 6.78. The fraction of sp³-hybridized carbons (Fsp3) is 0.125. The van der Waals surface area contributed by atoms with E-state index in [0.29, 0.717) is 0 Å². The zero-order valence-corrected chi connectivity index (χ0v) is 11.6. The average Bonchev–Trinajstić information content (AvgIpc) is 2.73. The van der Waals surface area contributed by atoms with E-state index in [9.17, 15) is 5.11 Å². The monoisotopic (exact) mass is 353 g/mol. The number of rotatable bonds is 2. The Morgan fingerprint density at radius 2 is 2.07 bits per heavy atom. The molecule has 2 heterocycles. The summed E-state index contributed by atoms with van der Waals surface area (Å²) >= 11 is 9.67. The highest BCUT2D eigenvalue weighted by Gasteiger charge is 2.19. The molecule has 1 unspecified atom stereocenters. The lowest BCUT2D eigenvalue weighted by Crippen LogP contribution is -1.95. The molecular weight excluding hydrogens is 350 g/mol. The van der Waals surface area contributed by atoms with Gasteiger partial charge in [0.2, 0.25) is 0 Å². The van der Waals surface area contributed by atoms with E-state index in [-0.39, 0.29) is 0 Å². The fourth-order valence-electron chi connectivity index (χ4n) is 1.04. The summed E-state index contributed by atoms with van der Waals surface area (Å²) in [5, 5.41) is 12.0. The van der Waals surface area contributed by atoms with Gasteiger partial charge < -0.3 is 5.11 Å². The number of aliphatic hydroxyl groups excluding tert-OH is 1. The molecule has 2 aromatic rings. The van der Waals surface area contributed by atoms with Crippen molar-refractivity contribution >= 4 is 54.5 Å². The SMILES string of the molecule is OC(c1sccc1Br)c1scnc1Br. The van der Waals surface area contributed by atoms with Crippen LogP contribution >= 0.6 is 54.5 Å². The van der Waals surface area contributed by atoms with E-state index < -0.39 is 6.10 Å². The molecule has 2 rings (SSSR count). The molecule has 1 N–H and O–H groups in total. The first-order valence-electron chi connectivity index (χ1n) is 3.70. The minimum atomic E-state index is -0.591. The van der Waals surface area contributed by atoms with Gasteiger partial charge in [-0.3, -0.25) is 0 Å². The maximum Gasteiger partial charge on any atom is 0.126 e. The Morgan fingerprint density at radius 3 is 2.57 bits per heavy atom. The zero-order chi connectivity index (χ0) is 10.1. The van der Waals surface area contributed by atoms with Gasteiger partial charge in [-0.1, -0.05) is 0 Å². The van der Waals surface area contributed by atoms with Gasteiger partial charge in [0.1, 0.15) is 10.7 Å². The third-order valence-corrected chi connectivity index (χ3v) is 5.39. The van der Waals surface area contributed by atoms with Gasteiger partial charge in [-0.15, -0.1) is 22.7 Å². The van der Waals surface area contributed by atoms with Crippen LogP contribution in [0.5, 0.6) is 0 Å². The van der Waals surface area contributed by atoms with Crippen LogP contribution in [0.1, 0.15) is 15.9 Å². The Bertz CT molecular complexity index is 400. The van der Waals surface area contributed by atoms with Crippen molar-refractivity contribution in [3.05, 3.63) is 35.8 Å². The van der Waals surface area contributed by atoms with Crippen LogP contribution in [0.25, 0.3) is 0 Å². The van der Waals surface area contributed by atoms with Crippen LogP contribution in [0.2, 0.25) is 0 Å². The number of thiazole rings is 1. The molecule has 0 saturated heterocycles. The average molecular weight is 355 g/mol. The van der Waals surface area contributed by atoms with Crippen molar-refractivity contribution in [2.24, 2.45) is 0 Å². The van der Waals surface area contributed by atoms with Crippen LogP contribution in [-0.4, -0.2) is 10.1 Å². The minimum Gasteiger partial charge on any atom is -0.382 e. The molecule has 0 radical (unpaired) electrons. The lowest BCUT2D eigenvalue weighted by molar-refractivity contribution is 0.226. The van der Waals surface area contributed by atoms with Crippen molar-refractivity contribution in [1.82, 2.24) is 4.98 Å². The quantitative estimate of drug-likeness (QED) is 0.889. The Kier molecular flexibility index (Phi) is 3.38. The minimum absolute atomic E-state index is 0.591. The molecule has 74 valence electrons. The largest absolute Gasteiger partial charge is 0.382 e. The number of aliphatic hydroxyl groups is 1. The molecule has 0 bridgehead atoms. The van der Waals surface area contributed by atoms with Crippen molar-refractivity contribution in [2.45, 2.75) is 6.10 Å². The van der Waals surface area contributed by atoms with Gasteiger partial charge in [0.05, 0.1) is 15.3 Å². The van der Waals surface area contributed by atoms with Crippen LogP contribution in [0, 0.1) is 0 Å². The van der Waals surface area contributed by atoms with Crippen molar-refractivity contribution < 1.29 is 5.11 Å². The van der Waals surface area contributed by atoms with Crippen LogP contribution in [-0.2, 0) is 0 Å². The summed E-state index contributed by atoms with van der Waals surface area (Å²) in [6.07, 6.45) is -0.591. The van der Waals surface area contributed by atoms with Gasteiger partial charge in [-0.25, -0.2) is 4.98 Å². The fourth-order valence-corrected chi connectivity index (χ4v) is 4.10. The summed E-state index contributed by atoms with van der Waals surface area (Å²) in [4.78, 5) is 5.79. The maximum atomic E-state index is 10.1.